The van der Waals surface area contributed by atoms with Crippen LogP contribution in [0.4, 0.5) is 11.4 Å². The van der Waals surface area contributed by atoms with Gasteiger partial charge in [0.05, 0.1) is 10.2 Å². The standard InChI is InChI=1S/C27H29Br2N5O2/c1-6-33(7-2)20-8-9-25(17(4)11-20)34-31-23-12-16(3)22(14-24(23)32-34)30-26(35)15-36-27-18(5)10-19(28)13-21(27)29/h8-14H,6-7,15H2,1-5H3,(H,30,35). The van der Waals surface area contributed by atoms with Crippen LogP contribution in [-0.4, -0.2) is 40.6 Å². The molecule has 1 N–H and O–H groups in total. The van der Waals surface area contributed by atoms with Crippen molar-refractivity contribution in [2.45, 2.75) is 34.6 Å². The number of hydrogen-bond acceptors (Lipinski definition) is 5. The second-order valence-corrected chi connectivity index (χ2v) is 10.4. The van der Waals surface area contributed by atoms with Gasteiger partial charge in [0.15, 0.2) is 6.61 Å². The number of anilines is 2. The summed E-state index contributed by atoms with van der Waals surface area (Å²) in [6, 6.07) is 13.9. The van der Waals surface area contributed by atoms with E-state index in [1.165, 1.54) is 5.69 Å². The zero-order chi connectivity index (χ0) is 26.0. The summed E-state index contributed by atoms with van der Waals surface area (Å²) >= 11 is 6.95. The molecular weight excluding hydrogens is 586 g/mol. The van der Waals surface area contributed by atoms with Gasteiger partial charge in [0.1, 0.15) is 16.8 Å². The molecule has 1 heterocycles. The number of aromatic nitrogens is 3. The smallest absolute Gasteiger partial charge is 0.262 e. The van der Waals surface area contributed by atoms with Gasteiger partial charge in [-0.2, -0.15) is 4.80 Å². The topological polar surface area (TPSA) is 72.3 Å². The second-order valence-electron chi connectivity index (χ2n) is 8.66. The van der Waals surface area contributed by atoms with Gasteiger partial charge in [-0.25, -0.2) is 0 Å². The van der Waals surface area contributed by atoms with Crippen LogP contribution in [0.1, 0.15) is 30.5 Å². The highest BCUT2D eigenvalue weighted by Gasteiger charge is 2.14. The van der Waals surface area contributed by atoms with E-state index in [1.54, 1.807) is 4.80 Å². The summed E-state index contributed by atoms with van der Waals surface area (Å²) < 4.78 is 7.52. The third-order valence-corrected chi connectivity index (χ3v) is 7.11. The zero-order valence-corrected chi connectivity index (χ0v) is 24.2. The van der Waals surface area contributed by atoms with Gasteiger partial charge in [0.25, 0.3) is 5.91 Å². The van der Waals surface area contributed by atoms with Gasteiger partial charge >= 0.3 is 0 Å². The van der Waals surface area contributed by atoms with Gasteiger partial charge < -0.3 is 15.0 Å². The van der Waals surface area contributed by atoms with Crippen LogP contribution in [0.25, 0.3) is 16.7 Å². The number of nitrogens with zero attached hydrogens (tertiary/aromatic N) is 4. The summed E-state index contributed by atoms with van der Waals surface area (Å²) in [4.78, 5) is 16.6. The summed E-state index contributed by atoms with van der Waals surface area (Å²) in [5, 5.41) is 12.3. The van der Waals surface area contributed by atoms with Crippen molar-refractivity contribution in [3.8, 4) is 11.4 Å². The van der Waals surface area contributed by atoms with E-state index in [-0.39, 0.29) is 12.5 Å². The molecule has 188 valence electrons. The Balaban J connectivity index is 1.52. The quantitative estimate of drug-likeness (QED) is 0.238. The van der Waals surface area contributed by atoms with Crippen LogP contribution in [0.2, 0.25) is 0 Å². The molecule has 0 spiro atoms. The number of nitrogens with one attached hydrogen (secondary N) is 1. The van der Waals surface area contributed by atoms with Crippen molar-refractivity contribution < 1.29 is 9.53 Å². The fraction of sp³-hybridized carbons (Fsp3) is 0.296. The Bertz CT molecular complexity index is 1410. The molecule has 0 atom stereocenters. The maximum absolute atomic E-state index is 12.7. The lowest BCUT2D eigenvalue weighted by Crippen LogP contribution is -2.21. The highest BCUT2D eigenvalue weighted by Crippen LogP contribution is 2.32. The molecule has 0 saturated carbocycles. The molecule has 0 aliphatic rings. The minimum atomic E-state index is -0.248. The number of aryl methyl sites for hydroxylation is 3. The molecule has 4 rings (SSSR count). The number of ether oxygens (including phenoxy) is 1. The minimum Gasteiger partial charge on any atom is -0.482 e. The Hall–Kier alpha value is -2.91. The lowest BCUT2D eigenvalue weighted by Gasteiger charge is -2.22. The molecule has 0 aliphatic heterocycles. The van der Waals surface area contributed by atoms with Crippen molar-refractivity contribution in [1.82, 2.24) is 15.0 Å². The number of amides is 1. The first-order valence-electron chi connectivity index (χ1n) is 11.8. The lowest BCUT2D eigenvalue weighted by atomic mass is 10.1. The number of halogens is 2. The second kappa shape index (κ2) is 11.0. The van der Waals surface area contributed by atoms with E-state index < -0.39 is 0 Å². The molecule has 0 fully saturated rings. The number of carbonyl (C=O) groups is 1. The number of fused-ring (bicyclic) bond motifs is 1. The molecular formula is C27H29Br2N5O2. The van der Waals surface area contributed by atoms with Crippen LogP contribution in [-0.2, 0) is 4.79 Å². The Morgan fingerprint density at radius 1 is 0.944 bits per heavy atom. The van der Waals surface area contributed by atoms with Crippen molar-refractivity contribution in [3.63, 3.8) is 0 Å². The third-order valence-electron chi connectivity index (χ3n) is 6.07. The Morgan fingerprint density at radius 2 is 1.64 bits per heavy atom. The monoisotopic (exact) mass is 613 g/mol. The molecule has 1 amide bonds. The van der Waals surface area contributed by atoms with Gasteiger partial charge in [-0.15, -0.1) is 10.2 Å². The average Bonchev–Trinajstić information content (AvgIpc) is 3.21. The Kier molecular flexibility index (Phi) is 8.00. The van der Waals surface area contributed by atoms with Gasteiger partial charge in [-0.3, -0.25) is 4.79 Å². The van der Waals surface area contributed by atoms with Gasteiger partial charge in [-0.1, -0.05) is 15.9 Å². The van der Waals surface area contributed by atoms with Crippen molar-refractivity contribution >= 4 is 60.2 Å². The zero-order valence-electron chi connectivity index (χ0n) is 21.0. The van der Waals surface area contributed by atoms with Gasteiger partial charge in [0.2, 0.25) is 0 Å². The van der Waals surface area contributed by atoms with Crippen LogP contribution in [0.15, 0.2) is 51.4 Å². The molecule has 36 heavy (non-hydrogen) atoms. The van der Waals surface area contributed by atoms with Crippen molar-refractivity contribution in [1.29, 1.82) is 0 Å². The van der Waals surface area contributed by atoms with E-state index in [1.807, 2.05) is 38.1 Å². The predicted octanol–water partition coefficient (Wildman–Crippen LogP) is 6.73. The number of benzene rings is 3. The molecule has 0 aliphatic carbocycles. The van der Waals surface area contributed by atoms with Gasteiger partial charge in [0, 0.05) is 28.9 Å². The maximum atomic E-state index is 12.7. The molecule has 9 heteroatoms. The van der Waals surface area contributed by atoms with E-state index in [0.29, 0.717) is 17.0 Å². The van der Waals surface area contributed by atoms with Crippen molar-refractivity contribution in [2.75, 3.05) is 29.9 Å². The van der Waals surface area contributed by atoms with E-state index in [9.17, 15) is 4.79 Å². The molecule has 4 aromatic rings. The summed E-state index contributed by atoms with van der Waals surface area (Å²) in [7, 11) is 0. The highest BCUT2D eigenvalue weighted by molar-refractivity contribution is 9.11. The first-order chi connectivity index (χ1) is 17.2. The highest BCUT2D eigenvalue weighted by atomic mass is 79.9. The molecule has 1 aromatic heterocycles. The van der Waals surface area contributed by atoms with Crippen LogP contribution >= 0.6 is 31.9 Å². The van der Waals surface area contributed by atoms with E-state index >= 15 is 0 Å². The maximum Gasteiger partial charge on any atom is 0.262 e. The molecule has 3 aromatic carbocycles. The molecule has 7 nitrogen and oxygen atoms in total. The van der Waals surface area contributed by atoms with Gasteiger partial charge in [-0.05, 0) is 110 Å². The summed E-state index contributed by atoms with van der Waals surface area (Å²) in [6.07, 6.45) is 0. The number of rotatable bonds is 8. The number of hydrogen-bond donors (Lipinski definition) is 1. The lowest BCUT2D eigenvalue weighted by molar-refractivity contribution is -0.118. The fourth-order valence-electron chi connectivity index (χ4n) is 4.16. The Labute approximate surface area is 228 Å². The number of carbonyl (C=O) groups excluding carboxylic acids is 1. The largest absolute Gasteiger partial charge is 0.482 e. The summed E-state index contributed by atoms with van der Waals surface area (Å²) in [6.45, 7) is 12.1. The molecule has 0 unspecified atom stereocenters. The minimum absolute atomic E-state index is 0.108. The predicted molar refractivity (Wildman–Crippen MR) is 153 cm³/mol. The first-order valence-corrected chi connectivity index (χ1v) is 13.4. The summed E-state index contributed by atoms with van der Waals surface area (Å²) in [5.41, 5.74) is 7.19. The Morgan fingerprint density at radius 3 is 2.28 bits per heavy atom. The first kappa shape index (κ1) is 26.2. The van der Waals surface area contributed by atoms with Crippen LogP contribution < -0.4 is 15.0 Å². The fourth-order valence-corrected chi connectivity index (χ4v) is 5.71. The normalized spacial score (nSPS) is 11.1. The molecule has 0 bridgehead atoms. The summed E-state index contributed by atoms with van der Waals surface area (Å²) in [5.74, 6) is 0.396. The third kappa shape index (κ3) is 5.57. The molecule has 0 radical (unpaired) electrons. The van der Waals surface area contributed by atoms with E-state index in [2.05, 4.69) is 86.1 Å². The van der Waals surface area contributed by atoms with Crippen molar-refractivity contribution in [2.24, 2.45) is 0 Å². The van der Waals surface area contributed by atoms with E-state index in [0.717, 1.165) is 49.9 Å². The SMILES string of the molecule is CCN(CC)c1ccc(-n2nc3cc(C)c(NC(=O)COc4c(C)cc(Br)cc4Br)cc3n2)c(C)c1. The molecule has 0 saturated heterocycles. The van der Waals surface area contributed by atoms with Crippen molar-refractivity contribution in [3.05, 3.63) is 68.1 Å². The van der Waals surface area contributed by atoms with Crippen LogP contribution in [0.5, 0.6) is 5.75 Å². The van der Waals surface area contributed by atoms with Crippen LogP contribution in [0.3, 0.4) is 0 Å². The van der Waals surface area contributed by atoms with Crippen LogP contribution in [0, 0.1) is 20.8 Å². The van der Waals surface area contributed by atoms with E-state index in [4.69, 9.17) is 9.84 Å². The average molecular weight is 615 g/mol.